The van der Waals surface area contributed by atoms with Gasteiger partial charge in [-0.05, 0) is 42.5 Å². The number of aliphatic hydroxyl groups is 1. The van der Waals surface area contributed by atoms with E-state index in [-0.39, 0.29) is 31.2 Å². The van der Waals surface area contributed by atoms with Crippen molar-refractivity contribution >= 4 is 21.8 Å². The molecule has 33 heavy (non-hydrogen) atoms. The molecule has 1 aromatic carbocycles. The Morgan fingerprint density at radius 3 is 2.42 bits per heavy atom. The van der Waals surface area contributed by atoms with Crippen LogP contribution in [-0.2, 0) is 25.9 Å². The quantitative estimate of drug-likeness (QED) is 0.330. The molecule has 9 nitrogen and oxygen atoms in total. The highest BCUT2D eigenvalue weighted by Gasteiger charge is 2.43. The summed E-state index contributed by atoms with van der Waals surface area (Å²) in [5.41, 5.74) is 3.55. The molecule has 2 atom stereocenters. The number of hydrogen-bond donors (Lipinski definition) is 3. The molecule has 0 saturated carbocycles. The van der Waals surface area contributed by atoms with Gasteiger partial charge in [-0.15, -0.1) is 0 Å². The molecule has 0 aliphatic heterocycles. The van der Waals surface area contributed by atoms with Crippen molar-refractivity contribution in [2.45, 2.75) is 37.2 Å². The summed E-state index contributed by atoms with van der Waals surface area (Å²) in [6, 6.07) is 10.8. The van der Waals surface area contributed by atoms with Gasteiger partial charge in [-0.25, -0.2) is 13.9 Å². The first-order chi connectivity index (χ1) is 15.6. The third-order valence-corrected chi connectivity index (χ3v) is 7.74. The summed E-state index contributed by atoms with van der Waals surface area (Å²) in [5.74, 6) is -1.04. The minimum atomic E-state index is -3.84. The van der Waals surface area contributed by atoms with Crippen LogP contribution < -0.4 is 11.0 Å². The van der Waals surface area contributed by atoms with Gasteiger partial charge >= 0.3 is 0 Å². The number of aliphatic hydroxyl groups excluding tert-OH is 1. The van der Waals surface area contributed by atoms with E-state index in [1.165, 1.54) is 23.0 Å². The first kappa shape index (κ1) is 26.5. The second kappa shape index (κ2) is 11.4. The van der Waals surface area contributed by atoms with Crippen LogP contribution in [0, 0.1) is 0 Å². The van der Waals surface area contributed by atoms with E-state index in [9.17, 15) is 18.0 Å². The number of aryl methyl sites for hydroxylation is 1. The van der Waals surface area contributed by atoms with E-state index in [4.69, 9.17) is 15.1 Å². The molecule has 3 N–H and O–H groups in total. The van der Waals surface area contributed by atoms with Crippen LogP contribution >= 0.6 is 0 Å². The average molecular weight is 479 g/mol. The van der Waals surface area contributed by atoms with Crippen LogP contribution in [-0.4, -0.2) is 60.0 Å². The smallest absolute Gasteiger partial charge is 0.264 e. The van der Waals surface area contributed by atoms with Crippen LogP contribution in [0.15, 0.2) is 53.5 Å². The summed E-state index contributed by atoms with van der Waals surface area (Å²) >= 11 is 0. The number of amides is 1. The van der Waals surface area contributed by atoms with Crippen LogP contribution in [0.3, 0.4) is 0 Å². The van der Waals surface area contributed by atoms with Gasteiger partial charge in [0.1, 0.15) is 0 Å². The molecule has 2 unspecified atom stereocenters. The van der Waals surface area contributed by atoms with Crippen LogP contribution in [0.1, 0.15) is 25.3 Å². The molecule has 0 aliphatic rings. The lowest BCUT2D eigenvalue weighted by Gasteiger charge is -2.25. The van der Waals surface area contributed by atoms with E-state index >= 15 is 0 Å². The Bertz CT molecular complexity index is 1140. The molecule has 0 saturated heterocycles. The zero-order chi connectivity index (χ0) is 24.6. The first-order valence-corrected chi connectivity index (χ1v) is 12.2. The van der Waals surface area contributed by atoms with Crippen molar-refractivity contribution in [2.24, 2.45) is 0 Å². The standard InChI is InChI=1S/C23H30N2O7S/c1-23(22(28)24-29,33(3,30)31)12-14-25-13-11-19(15-21(25)27)18-9-7-17(8-10-18)5-4-6-20(16-26)32-2/h4-5,7-11,13,15,20,26,29H,6,12,14,16H2,1-3H3,(H,24,28)/b5-4+. The number of hydrogen-bond acceptors (Lipinski definition) is 7. The number of rotatable bonds is 11. The summed E-state index contributed by atoms with van der Waals surface area (Å²) in [6.45, 7) is 1.14. The fraction of sp³-hybridized carbons (Fsp3) is 0.391. The van der Waals surface area contributed by atoms with Crippen LogP contribution in [0.4, 0.5) is 0 Å². The molecule has 0 fully saturated rings. The van der Waals surface area contributed by atoms with Crippen molar-refractivity contribution < 1.29 is 28.3 Å². The van der Waals surface area contributed by atoms with E-state index in [1.807, 2.05) is 36.4 Å². The lowest BCUT2D eigenvalue weighted by molar-refractivity contribution is -0.131. The molecule has 0 radical (unpaired) electrons. The van der Waals surface area contributed by atoms with Gasteiger partial charge in [0.15, 0.2) is 14.6 Å². The lowest BCUT2D eigenvalue weighted by atomic mass is 10.0. The highest BCUT2D eigenvalue weighted by atomic mass is 32.2. The number of nitrogens with zero attached hydrogens (tertiary/aromatic N) is 1. The molecule has 2 rings (SSSR count). The molecule has 10 heteroatoms. The van der Waals surface area contributed by atoms with E-state index in [2.05, 4.69) is 0 Å². The summed E-state index contributed by atoms with van der Waals surface area (Å²) < 4.78 is 28.7. The predicted octanol–water partition coefficient (Wildman–Crippen LogP) is 1.62. The predicted molar refractivity (Wildman–Crippen MR) is 125 cm³/mol. The van der Waals surface area contributed by atoms with Crippen molar-refractivity contribution in [1.29, 1.82) is 0 Å². The third-order valence-electron chi connectivity index (χ3n) is 5.72. The van der Waals surface area contributed by atoms with E-state index in [0.717, 1.165) is 17.4 Å². The Kier molecular flexibility index (Phi) is 9.12. The van der Waals surface area contributed by atoms with E-state index in [1.54, 1.807) is 19.4 Å². The van der Waals surface area contributed by atoms with Gasteiger partial charge in [0.2, 0.25) is 0 Å². The Morgan fingerprint density at radius 1 is 1.24 bits per heavy atom. The van der Waals surface area contributed by atoms with Gasteiger partial charge in [0.25, 0.3) is 11.5 Å². The second-order valence-corrected chi connectivity index (χ2v) is 10.4. The molecule has 0 bridgehead atoms. The van der Waals surface area contributed by atoms with Gasteiger partial charge in [-0.2, -0.15) is 0 Å². The van der Waals surface area contributed by atoms with Gasteiger partial charge < -0.3 is 14.4 Å². The number of pyridine rings is 1. The minimum absolute atomic E-state index is 0.0177. The normalized spacial score (nSPS) is 14.7. The number of hydroxylamine groups is 1. The highest BCUT2D eigenvalue weighted by molar-refractivity contribution is 7.92. The SMILES string of the molecule is COC(CO)C/C=C/c1ccc(-c2ccn(CCC(C)(C(=O)NO)S(C)(=O)=O)c(=O)c2)cc1. The zero-order valence-corrected chi connectivity index (χ0v) is 19.7. The molecule has 180 valence electrons. The van der Waals surface area contributed by atoms with E-state index in [0.29, 0.717) is 12.0 Å². The van der Waals surface area contributed by atoms with Gasteiger partial charge in [0, 0.05) is 32.2 Å². The van der Waals surface area contributed by atoms with Crippen molar-refractivity contribution in [3.63, 3.8) is 0 Å². The summed E-state index contributed by atoms with van der Waals surface area (Å²) in [7, 11) is -2.29. The monoisotopic (exact) mass is 478 g/mol. The Labute approximate surface area is 193 Å². The van der Waals surface area contributed by atoms with Gasteiger partial charge in [-0.3, -0.25) is 14.8 Å². The van der Waals surface area contributed by atoms with Crippen molar-refractivity contribution in [1.82, 2.24) is 10.0 Å². The molecular weight excluding hydrogens is 448 g/mol. The van der Waals surface area contributed by atoms with Gasteiger partial charge in [0.05, 0.1) is 12.7 Å². The maximum atomic E-state index is 12.6. The number of sulfone groups is 1. The molecule has 2 aromatic rings. The number of carbonyl (C=O) groups excluding carboxylic acids is 1. The number of aromatic nitrogens is 1. The molecule has 0 aliphatic carbocycles. The van der Waals surface area contributed by atoms with Crippen LogP contribution in [0.2, 0.25) is 0 Å². The van der Waals surface area contributed by atoms with Crippen molar-refractivity contribution in [3.8, 4) is 11.1 Å². The summed E-state index contributed by atoms with van der Waals surface area (Å²) in [4.78, 5) is 24.5. The first-order valence-electron chi connectivity index (χ1n) is 10.3. The number of nitrogens with one attached hydrogen (secondary N) is 1. The zero-order valence-electron chi connectivity index (χ0n) is 18.9. The number of methoxy groups -OCH3 is 1. The van der Waals surface area contributed by atoms with Crippen molar-refractivity contribution in [3.05, 3.63) is 64.6 Å². The lowest BCUT2D eigenvalue weighted by Crippen LogP contribution is -2.49. The molecular formula is C23H30N2O7S. The molecule has 1 heterocycles. The molecule has 1 aromatic heterocycles. The Hall–Kier alpha value is -2.79. The topological polar surface area (TPSA) is 135 Å². The van der Waals surface area contributed by atoms with Crippen LogP contribution in [0.5, 0.6) is 0 Å². The largest absolute Gasteiger partial charge is 0.394 e. The molecule has 1 amide bonds. The average Bonchev–Trinajstić information content (AvgIpc) is 2.80. The summed E-state index contributed by atoms with van der Waals surface area (Å²) in [6.07, 6.45) is 6.47. The maximum absolute atomic E-state index is 12.6. The van der Waals surface area contributed by atoms with Gasteiger partial charge in [-0.1, -0.05) is 36.4 Å². The third kappa shape index (κ3) is 6.61. The fourth-order valence-electron chi connectivity index (χ4n) is 3.18. The second-order valence-electron chi connectivity index (χ2n) is 7.94. The number of benzene rings is 1. The number of carbonyl (C=O) groups is 1. The fourth-order valence-corrected chi connectivity index (χ4v) is 4.02. The van der Waals surface area contributed by atoms with E-state index < -0.39 is 20.5 Å². The molecule has 0 spiro atoms. The minimum Gasteiger partial charge on any atom is -0.394 e. The summed E-state index contributed by atoms with van der Waals surface area (Å²) in [5, 5.41) is 18.0. The highest BCUT2D eigenvalue weighted by Crippen LogP contribution is 2.23. The van der Waals surface area contributed by atoms with Crippen molar-refractivity contribution in [2.75, 3.05) is 20.0 Å². The Morgan fingerprint density at radius 2 is 1.91 bits per heavy atom. The number of ether oxygens (including phenoxy) is 1. The maximum Gasteiger partial charge on any atom is 0.264 e. The van der Waals surface area contributed by atoms with Crippen LogP contribution in [0.25, 0.3) is 17.2 Å². The Balaban J connectivity index is 2.13.